The van der Waals surface area contributed by atoms with Gasteiger partial charge in [0.05, 0.1) is 0 Å². The summed E-state index contributed by atoms with van der Waals surface area (Å²) in [6, 6.07) is 8.34. The van der Waals surface area contributed by atoms with Crippen molar-refractivity contribution in [3.8, 4) is 0 Å². The Bertz CT molecular complexity index is 615. The second-order valence-corrected chi connectivity index (χ2v) is 5.90. The van der Waals surface area contributed by atoms with Crippen molar-refractivity contribution >= 4 is 23.2 Å². The number of halogens is 2. The highest BCUT2D eigenvalue weighted by Crippen LogP contribution is 2.40. The molecule has 1 unspecified atom stereocenters. The fourth-order valence-electron chi connectivity index (χ4n) is 2.55. The molecule has 98 valence electrons. The van der Waals surface area contributed by atoms with Crippen LogP contribution in [0.25, 0.3) is 0 Å². The lowest BCUT2D eigenvalue weighted by molar-refractivity contribution is 0.655. The number of aromatic nitrogens is 2. The molecule has 0 N–H and O–H groups in total. The van der Waals surface area contributed by atoms with Gasteiger partial charge in [0, 0.05) is 11.5 Å². The van der Waals surface area contributed by atoms with Gasteiger partial charge in [0.15, 0.2) is 0 Å². The number of fused-ring (bicyclic) bond motifs is 1. The molecule has 1 aromatic heterocycles. The average Bonchev–Trinajstić information content (AvgIpc) is 2.29. The summed E-state index contributed by atoms with van der Waals surface area (Å²) < 4.78 is 0. The first kappa shape index (κ1) is 12.9. The Morgan fingerprint density at radius 2 is 1.74 bits per heavy atom. The summed E-state index contributed by atoms with van der Waals surface area (Å²) in [5, 5.41) is 0.962. The second-order valence-electron chi connectivity index (χ2n) is 5.19. The van der Waals surface area contributed by atoms with Gasteiger partial charge in [-0.3, -0.25) is 0 Å². The molecule has 0 bridgehead atoms. The third kappa shape index (κ3) is 2.13. The van der Waals surface area contributed by atoms with E-state index in [-0.39, 0.29) is 11.8 Å². The van der Waals surface area contributed by atoms with Crippen molar-refractivity contribution in [3.63, 3.8) is 0 Å². The van der Waals surface area contributed by atoms with E-state index in [9.17, 15) is 0 Å². The fourth-order valence-corrected chi connectivity index (χ4v) is 3.39. The average molecular weight is 293 g/mol. The van der Waals surface area contributed by atoms with Crippen molar-refractivity contribution in [2.24, 2.45) is 0 Å². The maximum atomic E-state index is 6.25. The molecular weight excluding hydrogens is 279 g/mol. The van der Waals surface area contributed by atoms with Crippen LogP contribution >= 0.6 is 23.2 Å². The third-order valence-electron chi connectivity index (χ3n) is 3.61. The van der Waals surface area contributed by atoms with Crippen LogP contribution in [-0.4, -0.2) is 9.97 Å². The SMILES string of the molecule is CC(C)c1c(Cl)nc(C2Cc3ccccc32)nc1Cl. The van der Waals surface area contributed by atoms with Gasteiger partial charge < -0.3 is 0 Å². The van der Waals surface area contributed by atoms with E-state index < -0.39 is 0 Å². The molecular formula is C15H14Cl2N2. The normalized spacial score (nSPS) is 17.2. The van der Waals surface area contributed by atoms with Crippen LogP contribution in [0.1, 0.15) is 48.2 Å². The molecule has 3 rings (SSSR count). The van der Waals surface area contributed by atoms with E-state index in [1.54, 1.807) is 0 Å². The van der Waals surface area contributed by atoms with Crippen molar-refractivity contribution in [2.45, 2.75) is 32.1 Å². The molecule has 0 radical (unpaired) electrons. The van der Waals surface area contributed by atoms with E-state index in [2.05, 4.69) is 28.2 Å². The van der Waals surface area contributed by atoms with E-state index in [1.165, 1.54) is 11.1 Å². The third-order valence-corrected chi connectivity index (χ3v) is 4.19. The van der Waals surface area contributed by atoms with E-state index in [4.69, 9.17) is 23.2 Å². The van der Waals surface area contributed by atoms with Gasteiger partial charge in [-0.25, -0.2) is 9.97 Å². The zero-order valence-corrected chi connectivity index (χ0v) is 12.3. The van der Waals surface area contributed by atoms with Gasteiger partial charge in [-0.05, 0) is 23.5 Å². The van der Waals surface area contributed by atoms with Gasteiger partial charge in [-0.15, -0.1) is 0 Å². The van der Waals surface area contributed by atoms with E-state index in [0.29, 0.717) is 10.3 Å². The summed E-state index contributed by atoms with van der Waals surface area (Å²) in [6.07, 6.45) is 0.962. The summed E-state index contributed by atoms with van der Waals surface area (Å²) >= 11 is 12.5. The van der Waals surface area contributed by atoms with E-state index in [1.807, 2.05) is 19.9 Å². The zero-order valence-electron chi connectivity index (χ0n) is 10.8. The van der Waals surface area contributed by atoms with Crippen LogP contribution in [-0.2, 0) is 6.42 Å². The number of hydrogen-bond acceptors (Lipinski definition) is 2. The number of hydrogen-bond donors (Lipinski definition) is 0. The Morgan fingerprint density at radius 3 is 2.32 bits per heavy atom. The summed E-state index contributed by atoms with van der Waals surface area (Å²) in [5.41, 5.74) is 3.47. The predicted octanol–water partition coefficient (Wildman–Crippen LogP) is 4.59. The van der Waals surface area contributed by atoms with Crippen molar-refractivity contribution < 1.29 is 0 Å². The number of benzene rings is 1. The molecule has 2 nitrogen and oxygen atoms in total. The Labute approximate surface area is 122 Å². The lowest BCUT2D eigenvalue weighted by Gasteiger charge is -2.29. The molecule has 1 aliphatic carbocycles. The highest BCUT2D eigenvalue weighted by Gasteiger charge is 2.30. The molecule has 0 saturated heterocycles. The quantitative estimate of drug-likeness (QED) is 0.756. The zero-order chi connectivity index (χ0) is 13.6. The fraction of sp³-hybridized carbons (Fsp3) is 0.333. The van der Waals surface area contributed by atoms with Crippen LogP contribution in [0.2, 0.25) is 10.3 Å². The van der Waals surface area contributed by atoms with Crippen molar-refractivity contribution in [1.29, 1.82) is 0 Å². The van der Waals surface area contributed by atoms with Gasteiger partial charge in [-0.1, -0.05) is 61.3 Å². The van der Waals surface area contributed by atoms with Crippen molar-refractivity contribution in [3.05, 3.63) is 57.1 Å². The van der Waals surface area contributed by atoms with Gasteiger partial charge in [-0.2, -0.15) is 0 Å². The molecule has 0 amide bonds. The molecule has 1 heterocycles. The molecule has 1 aromatic carbocycles. The van der Waals surface area contributed by atoms with Crippen LogP contribution in [0.5, 0.6) is 0 Å². The number of nitrogens with zero attached hydrogens (tertiary/aromatic N) is 2. The molecule has 1 atom stereocenters. The monoisotopic (exact) mass is 292 g/mol. The van der Waals surface area contributed by atoms with Crippen LogP contribution in [0.15, 0.2) is 24.3 Å². The lowest BCUT2D eigenvalue weighted by atomic mass is 9.77. The second kappa shape index (κ2) is 4.77. The first-order valence-corrected chi connectivity index (χ1v) is 7.14. The summed E-state index contributed by atoms with van der Waals surface area (Å²) in [6.45, 7) is 4.07. The maximum Gasteiger partial charge on any atom is 0.139 e. The standard InChI is InChI=1S/C15H14Cl2N2/c1-8(2)12-13(16)18-15(19-14(12)17)11-7-9-5-3-4-6-10(9)11/h3-6,8,11H,7H2,1-2H3. The predicted molar refractivity (Wildman–Crippen MR) is 78.1 cm³/mol. The Balaban J connectivity index is 2.01. The highest BCUT2D eigenvalue weighted by molar-refractivity contribution is 6.34. The summed E-state index contributed by atoms with van der Waals surface area (Å²) in [5.74, 6) is 1.19. The van der Waals surface area contributed by atoms with Crippen LogP contribution in [0.3, 0.4) is 0 Å². The maximum absolute atomic E-state index is 6.25. The largest absolute Gasteiger partial charge is 0.220 e. The van der Waals surface area contributed by atoms with Gasteiger partial charge in [0.2, 0.25) is 0 Å². The van der Waals surface area contributed by atoms with Crippen LogP contribution < -0.4 is 0 Å². The molecule has 0 fully saturated rings. The minimum atomic E-state index is 0.225. The van der Waals surface area contributed by atoms with Gasteiger partial charge in [0.25, 0.3) is 0 Å². The molecule has 19 heavy (non-hydrogen) atoms. The Kier molecular flexibility index (Phi) is 3.23. The topological polar surface area (TPSA) is 25.8 Å². The Hall–Kier alpha value is -1.12. The molecule has 0 saturated carbocycles. The number of rotatable bonds is 2. The molecule has 2 aromatic rings. The van der Waals surface area contributed by atoms with Gasteiger partial charge >= 0.3 is 0 Å². The van der Waals surface area contributed by atoms with Gasteiger partial charge in [0.1, 0.15) is 16.1 Å². The van der Waals surface area contributed by atoms with E-state index >= 15 is 0 Å². The molecule has 0 aliphatic heterocycles. The van der Waals surface area contributed by atoms with E-state index in [0.717, 1.165) is 17.8 Å². The minimum Gasteiger partial charge on any atom is -0.220 e. The van der Waals surface area contributed by atoms with Crippen LogP contribution in [0, 0.1) is 0 Å². The molecule has 0 spiro atoms. The first-order chi connectivity index (χ1) is 9.08. The first-order valence-electron chi connectivity index (χ1n) is 6.38. The lowest BCUT2D eigenvalue weighted by Crippen LogP contribution is -2.21. The summed E-state index contributed by atoms with van der Waals surface area (Å²) in [7, 11) is 0. The highest BCUT2D eigenvalue weighted by atomic mass is 35.5. The van der Waals surface area contributed by atoms with Crippen molar-refractivity contribution in [2.75, 3.05) is 0 Å². The smallest absolute Gasteiger partial charge is 0.139 e. The van der Waals surface area contributed by atoms with Crippen LogP contribution in [0.4, 0.5) is 0 Å². The molecule has 1 aliphatic rings. The Morgan fingerprint density at radius 1 is 1.11 bits per heavy atom. The minimum absolute atomic E-state index is 0.225. The summed E-state index contributed by atoms with van der Waals surface area (Å²) in [4.78, 5) is 8.89. The molecule has 4 heteroatoms. The van der Waals surface area contributed by atoms with Crippen molar-refractivity contribution in [1.82, 2.24) is 9.97 Å².